The molecule has 1 aromatic carbocycles. The number of ketones is 2. The monoisotopic (exact) mass is 368 g/mol. The first kappa shape index (κ1) is 16.8. The van der Waals surface area contributed by atoms with Gasteiger partial charge in [0.1, 0.15) is 13.1 Å². The molecule has 1 aliphatic carbocycles. The molecule has 0 saturated heterocycles. The van der Waals surface area contributed by atoms with Crippen molar-refractivity contribution >= 4 is 22.9 Å². The van der Waals surface area contributed by atoms with Gasteiger partial charge in [0, 0.05) is 31.4 Å². The van der Waals surface area contributed by atoms with E-state index in [0.717, 1.165) is 10.7 Å². The molecule has 7 heteroatoms. The molecule has 0 aliphatic heterocycles. The smallest absolute Gasteiger partial charge is 0.254 e. The van der Waals surface area contributed by atoms with E-state index in [9.17, 15) is 9.59 Å². The number of hydrogen-bond donors (Lipinski definition) is 0. The van der Waals surface area contributed by atoms with Crippen molar-refractivity contribution in [3.63, 3.8) is 0 Å². The highest BCUT2D eigenvalue weighted by molar-refractivity contribution is 7.09. The van der Waals surface area contributed by atoms with Crippen LogP contribution in [0.4, 0.5) is 0 Å². The van der Waals surface area contributed by atoms with Crippen LogP contribution < -0.4 is 4.57 Å². The maximum Gasteiger partial charge on any atom is 0.254 e. The van der Waals surface area contributed by atoms with Crippen LogP contribution in [0.1, 0.15) is 42.8 Å². The van der Waals surface area contributed by atoms with Gasteiger partial charge in [0.2, 0.25) is 23.0 Å². The number of aromatic nitrogens is 3. The molecule has 0 atom stereocenters. The van der Waals surface area contributed by atoms with Crippen LogP contribution in [0.25, 0.3) is 0 Å². The molecule has 0 N–H and O–H groups in total. The zero-order valence-corrected chi connectivity index (χ0v) is 15.4. The summed E-state index contributed by atoms with van der Waals surface area (Å²) in [5.74, 6) is 0.631. The second kappa shape index (κ2) is 6.59. The Labute approximate surface area is 154 Å². The minimum absolute atomic E-state index is 0.112. The molecule has 26 heavy (non-hydrogen) atoms. The minimum Gasteiger partial charge on any atom is -0.381 e. The number of methoxy groups -OCH3 is 1. The molecule has 1 aliphatic rings. The zero-order valence-electron chi connectivity index (χ0n) is 14.6. The van der Waals surface area contributed by atoms with Gasteiger partial charge in [-0.25, -0.2) is 9.13 Å². The molecule has 0 unspecified atom stereocenters. The number of nitrogens with zero attached hydrogens (tertiary/aromatic N) is 3. The van der Waals surface area contributed by atoms with Gasteiger partial charge in [0.25, 0.3) is 5.82 Å². The van der Waals surface area contributed by atoms with Crippen LogP contribution in [0.5, 0.6) is 0 Å². The summed E-state index contributed by atoms with van der Waals surface area (Å²) in [4.78, 5) is 31.5. The van der Waals surface area contributed by atoms with Crippen molar-refractivity contribution in [3.8, 4) is 0 Å². The Morgan fingerprint density at radius 1 is 1.19 bits per heavy atom. The molecule has 3 aromatic rings. The van der Waals surface area contributed by atoms with E-state index in [-0.39, 0.29) is 11.6 Å². The molecular formula is C19H18N3O3S+. The largest absolute Gasteiger partial charge is 0.381 e. The predicted octanol–water partition coefficient (Wildman–Crippen LogP) is 2.01. The number of imidazole rings is 1. The lowest BCUT2D eigenvalue weighted by Gasteiger charge is -2.12. The number of ether oxygens (including phenoxy) is 1. The van der Waals surface area contributed by atoms with Gasteiger partial charge in [-0.1, -0.05) is 24.3 Å². The fraction of sp³-hybridized carbons (Fsp3) is 0.263. The van der Waals surface area contributed by atoms with Crippen LogP contribution in [0.15, 0.2) is 36.0 Å². The van der Waals surface area contributed by atoms with Crippen molar-refractivity contribution in [2.24, 2.45) is 0 Å². The first-order valence-electron chi connectivity index (χ1n) is 8.31. The fourth-order valence-electron chi connectivity index (χ4n) is 3.45. The number of rotatable bonds is 5. The Balaban J connectivity index is 1.93. The van der Waals surface area contributed by atoms with E-state index < -0.39 is 0 Å². The van der Waals surface area contributed by atoms with E-state index >= 15 is 0 Å². The number of thiazole rings is 1. The first-order chi connectivity index (χ1) is 12.6. The van der Waals surface area contributed by atoms with Crippen LogP contribution in [0.3, 0.4) is 0 Å². The summed E-state index contributed by atoms with van der Waals surface area (Å²) in [6.07, 6.45) is 1.79. The fourth-order valence-corrected chi connectivity index (χ4v) is 4.03. The quantitative estimate of drug-likeness (QED) is 0.506. The maximum atomic E-state index is 13.2. The van der Waals surface area contributed by atoms with E-state index in [2.05, 4.69) is 4.98 Å². The first-order valence-corrected chi connectivity index (χ1v) is 9.19. The lowest BCUT2D eigenvalue weighted by molar-refractivity contribution is -0.695. The zero-order chi connectivity index (χ0) is 18.3. The van der Waals surface area contributed by atoms with Crippen LogP contribution in [0.2, 0.25) is 0 Å². The lowest BCUT2D eigenvalue weighted by atomic mass is 9.90. The van der Waals surface area contributed by atoms with Gasteiger partial charge in [-0.05, 0) is 0 Å². The van der Waals surface area contributed by atoms with E-state index in [0.29, 0.717) is 42.2 Å². The van der Waals surface area contributed by atoms with Crippen molar-refractivity contribution in [1.82, 2.24) is 9.55 Å². The number of hydrogen-bond acceptors (Lipinski definition) is 5. The third-order valence-corrected chi connectivity index (χ3v) is 5.47. The Kier molecular flexibility index (Phi) is 4.26. The minimum atomic E-state index is -0.113. The van der Waals surface area contributed by atoms with Crippen LogP contribution in [-0.2, 0) is 17.8 Å². The maximum absolute atomic E-state index is 13.2. The normalized spacial score (nSPS) is 13.0. The van der Waals surface area contributed by atoms with E-state index in [1.807, 2.05) is 16.1 Å². The molecule has 0 spiro atoms. The molecule has 6 nitrogen and oxygen atoms in total. The summed E-state index contributed by atoms with van der Waals surface area (Å²) in [7, 11) is 1.62. The average Bonchev–Trinajstić information content (AvgIpc) is 3.26. The molecule has 4 rings (SSSR count). The molecule has 0 amide bonds. The van der Waals surface area contributed by atoms with Crippen molar-refractivity contribution in [2.75, 3.05) is 13.7 Å². The standard InChI is InChI=1S/C19H18N3O3S/c1-12-21(7-8-25-2)16-17(22(12)10-13-9-20-11-26-13)19(24)15-6-4-3-5-14(15)18(16)23/h3-6,9,11H,7-8,10H2,1-2H3/q+1. The van der Waals surface area contributed by atoms with Gasteiger partial charge in [-0.3, -0.25) is 14.6 Å². The third-order valence-electron chi connectivity index (χ3n) is 4.71. The summed E-state index contributed by atoms with van der Waals surface area (Å²) < 4.78 is 9.03. The molecule has 0 radical (unpaired) electrons. The van der Waals surface area contributed by atoms with Gasteiger partial charge in [-0.2, -0.15) is 0 Å². The summed E-state index contributed by atoms with van der Waals surface area (Å²) >= 11 is 1.53. The highest BCUT2D eigenvalue weighted by Crippen LogP contribution is 2.27. The van der Waals surface area contributed by atoms with Crippen molar-refractivity contribution in [3.05, 3.63) is 69.2 Å². The van der Waals surface area contributed by atoms with Gasteiger partial charge in [0.15, 0.2) is 0 Å². The molecule has 0 fully saturated rings. The molecule has 0 bridgehead atoms. The van der Waals surface area contributed by atoms with Crippen LogP contribution in [0, 0.1) is 6.92 Å². The Morgan fingerprint density at radius 2 is 1.92 bits per heavy atom. The van der Waals surface area contributed by atoms with Gasteiger partial charge in [-0.15, -0.1) is 11.3 Å². The predicted molar refractivity (Wildman–Crippen MR) is 95.8 cm³/mol. The highest BCUT2D eigenvalue weighted by Gasteiger charge is 2.42. The van der Waals surface area contributed by atoms with Gasteiger partial charge >= 0.3 is 0 Å². The molecule has 132 valence electrons. The average molecular weight is 368 g/mol. The Morgan fingerprint density at radius 3 is 2.58 bits per heavy atom. The van der Waals surface area contributed by atoms with E-state index in [4.69, 9.17) is 4.74 Å². The van der Waals surface area contributed by atoms with Crippen LogP contribution >= 0.6 is 11.3 Å². The van der Waals surface area contributed by atoms with E-state index in [1.54, 1.807) is 43.1 Å². The summed E-state index contributed by atoms with van der Waals surface area (Å²) in [6.45, 7) is 3.42. The Hall–Kier alpha value is -2.64. The SMILES string of the molecule is COCCn1c2c([n+](Cc3cncs3)c1C)C(=O)c1ccccc1C2=O. The van der Waals surface area contributed by atoms with Crippen molar-refractivity contribution < 1.29 is 18.9 Å². The second-order valence-corrected chi connectivity index (χ2v) is 7.12. The number of carbonyl (C=O) groups is 2. The van der Waals surface area contributed by atoms with Crippen molar-refractivity contribution in [1.29, 1.82) is 0 Å². The molecule has 0 saturated carbocycles. The van der Waals surface area contributed by atoms with Gasteiger partial charge in [0.05, 0.1) is 17.0 Å². The van der Waals surface area contributed by atoms with Gasteiger partial charge < -0.3 is 4.74 Å². The number of benzene rings is 1. The highest BCUT2D eigenvalue weighted by atomic mass is 32.1. The summed E-state index contributed by atoms with van der Waals surface area (Å²) in [5, 5.41) is 0. The summed E-state index contributed by atoms with van der Waals surface area (Å²) in [5.41, 5.74) is 3.60. The molecule has 2 aromatic heterocycles. The molecular weight excluding hydrogens is 350 g/mol. The van der Waals surface area contributed by atoms with Crippen molar-refractivity contribution in [2.45, 2.75) is 20.0 Å². The number of carbonyl (C=O) groups excluding carboxylic acids is 2. The van der Waals surface area contributed by atoms with Crippen LogP contribution in [-0.4, -0.2) is 34.8 Å². The topological polar surface area (TPSA) is 65.1 Å². The Bertz CT molecular complexity index is 1010. The third kappa shape index (κ3) is 2.51. The summed E-state index contributed by atoms with van der Waals surface area (Å²) in [6, 6.07) is 7.01. The second-order valence-electron chi connectivity index (χ2n) is 6.15. The molecule has 2 heterocycles. The number of fused-ring (bicyclic) bond motifs is 2. The lowest BCUT2D eigenvalue weighted by Crippen LogP contribution is -2.43. The van der Waals surface area contributed by atoms with E-state index in [1.165, 1.54) is 11.3 Å².